The Kier molecular flexibility index (Phi) is 12.1. The standard InChI is InChI=1S/C35H42F3N5O5/c1-22-18-43(23(2)21-44)33(46)17-26-16-27(40-32(45)14-15-35(36,37)38)12-13-30(26)48-31(22)20-42(3)19-24-8-10-25(11-9-24)34(47)41-29-7-5-4-6-28(29)39/h4-13,16,22-23,31,44H,14-15,17-21,39H2,1-3H3,(H,40,45)(H,41,47)/t22-,23-,31-/m1/s1. The molecule has 258 valence electrons. The molecule has 10 nitrogen and oxygen atoms in total. The van der Waals surface area contributed by atoms with E-state index < -0.39 is 37.1 Å². The van der Waals surface area contributed by atoms with Gasteiger partial charge in [0.2, 0.25) is 11.8 Å². The second-order valence-corrected chi connectivity index (χ2v) is 12.3. The number of likely N-dealkylation sites (N-methyl/N-ethyl adjacent to an activating group) is 1. The molecule has 0 saturated carbocycles. The van der Waals surface area contributed by atoms with Crippen molar-refractivity contribution in [1.82, 2.24) is 9.80 Å². The molecular formula is C35H42F3N5O5. The van der Waals surface area contributed by atoms with Gasteiger partial charge in [-0.25, -0.2) is 0 Å². The first-order valence-corrected chi connectivity index (χ1v) is 15.7. The van der Waals surface area contributed by atoms with Crippen molar-refractivity contribution in [1.29, 1.82) is 0 Å². The Balaban J connectivity index is 1.48. The number of ether oxygens (including phenoxy) is 1. The topological polar surface area (TPSA) is 137 Å². The molecule has 0 bridgehead atoms. The molecule has 0 radical (unpaired) electrons. The zero-order valence-corrected chi connectivity index (χ0v) is 27.2. The molecular weight excluding hydrogens is 627 g/mol. The van der Waals surface area contributed by atoms with Crippen molar-refractivity contribution in [2.24, 2.45) is 5.92 Å². The molecule has 13 heteroatoms. The highest BCUT2D eigenvalue weighted by Crippen LogP contribution is 2.30. The third kappa shape index (κ3) is 10.2. The minimum atomic E-state index is -4.45. The summed E-state index contributed by atoms with van der Waals surface area (Å²) < 4.78 is 44.3. The Bertz CT molecular complexity index is 1580. The van der Waals surface area contributed by atoms with E-state index in [1.165, 1.54) is 6.07 Å². The molecule has 3 aromatic carbocycles. The van der Waals surface area contributed by atoms with Gasteiger partial charge >= 0.3 is 6.18 Å². The molecule has 3 amide bonds. The van der Waals surface area contributed by atoms with Gasteiger partial charge in [-0.2, -0.15) is 13.2 Å². The van der Waals surface area contributed by atoms with Crippen molar-refractivity contribution in [2.45, 2.75) is 58.0 Å². The van der Waals surface area contributed by atoms with E-state index in [1.807, 2.05) is 26.1 Å². The van der Waals surface area contributed by atoms with E-state index in [2.05, 4.69) is 15.5 Å². The smallest absolute Gasteiger partial charge is 0.389 e. The average Bonchev–Trinajstić information content (AvgIpc) is 3.08. The first kappa shape index (κ1) is 36.2. The molecule has 0 aromatic heterocycles. The predicted molar refractivity (Wildman–Crippen MR) is 177 cm³/mol. The van der Waals surface area contributed by atoms with E-state index in [0.29, 0.717) is 47.9 Å². The summed E-state index contributed by atoms with van der Waals surface area (Å²) in [6, 6.07) is 18.5. The number of aliphatic hydroxyl groups excluding tert-OH is 1. The summed E-state index contributed by atoms with van der Waals surface area (Å²) in [6.45, 7) is 4.80. The van der Waals surface area contributed by atoms with E-state index in [0.717, 1.165) is 5.56 Å². The van der Waals surface area contributed by atoms with E-state index in [-0.39, 0.29) is 36.4 Å². The summed E-state index contributed by atoms with van der Waals surface area (Å²) >= 11 is 0. The average molecular weight is 670 g/mol. The lowest BCUT2D eigenvalue weighted by atomic mass is 10.0. The van der Waals surface area contributed by atoms with Gasteiger partial charge in [0.05, 0.1) is 36.9 Å². The number of para-hydroxylation sites is 2. The summed E-state index contributed by atoms with van der Waals surface area (Å²) in [7, 11) is 1.93. The highest BCUT2D eigenvalue weighted by atomic mass is 19.4. The summed E-state index contributed by atoms with van der Waals surface area (Å²) in [6.07, 6.45) is -6.90. The van der Waals surface area contributed by atoms with E-state index >= 15 is 0 Å². The van der Waals surface area contributed by atoms with Gasteiger partial charge in [-0.3, -0.25) is 19.3 Å². The van der Waals surface area contributed by atoms with Crippen LogP contribution in [0.25, 0.3) is 0 Å². The number of alkyl halides is 3. The van der Waals surface area contributed by atoms with Crippen molar-refractivity contribution in [3.63, 3.8) is 0 Å². The van der Waals surface area contributed by atoms with Crippen molar-refractivity contribution in [3.8, 4) is 5.75 Å². The van der Waals surface area contributed by atoms with E-state index in [4.69, 9.17) is 10.5 Å². The number of aliphatic hydroxyl groups is 1. The van der Waals surface area contributed by atoms with Crippen LogP contribution in [0.15, 0.2) is 66.7 Å². The van der Waals surface area contributed by atoms with Crippen LogP contribution in [-0.2, 0) is 22.6 Å². The first-order chi connectivity index (χ1) is 22.7. The zero-order chi connectivity index (χ0) is 35.0. The lowest BCUT2D eigenvalue weighted by molar-refractivity contribution is -0.142. The number of carbonyl (C=O) groups is 3. The number of anilines is 3. The SMILES string of the molecule is C[C@@H]1CN([C@H](C)CO)C(=O)Cc2cc(NC(=O)CCC(F)(F)F)ccc2O[C@@H]1CN(C)Cc1ccc(C(=O)Nc2ccccc2N)cc1. The predicted octanol–water partition coefficient (Wildman–Crippen LogP) is 5.08. The number of hydrogen-bond acceptors (Lipinski definition) is 7. The number of halogens is 3. The quantitative estimate of drug-likeness (QED) is 0.209. The van der Waals surface area contributed by atoms with Gasteiger partial charge in [0, 0.05) is 48.8 Å². The summed E-state index contributed by atoms with van der Waals surface area (Å²) in [4.78, 5) is 42.0. The minimum Gasteiger partial charge on any atom is -0.488 e. The number of carbonyl (C=O) groups excluding carboxylic acids is 3. The number of nitrogens with one attached hydrogen (secondary N) is 2. The van der Waals surface area contributed by atoms with Crippen LogP contribution >= 0.6 is 0 Å². The number of nitrogen functional groups attached to an aromatic ring is 1. The van der Waals surface area contributed by atoms with Gasteiger partial charge in [0.25, 0.3) is 5.91 Å². The second-order valence-electron chi connectivity index (χ2n) is 12.3. The van der Waals surface area contributed by atoms with Gasteiger partial charge in [-0.05, 0) is 62.0 Å². The third-order valence-electron chi connectivity index (χ3n) is 8.21. The maximum Gasteiger partial charge on any atom is 0.389 e. The Morgan fingerprint density at radius 1 is 1.10 bits per heavy atom. The normalized spacial score (nSPS) is 17.4. The Morgan fingerprint density at radius 3 is 2.48 bits per heavy atom. The summed E-state index contributed by atoms with van der Waals surface area (Å²) in [5, 5.41) is 15.2. The maximum absolute atomic E-state index is 13.4. The van der Waals surface area contributed by atoms with Crippen molar-refractivity contribution in [2.75, 3.05) is 43.1 Å². The molecule has 1 heterocycles. The molecule has 1 aliphatic heterocycles. The van der Waals surface area contributed by atoms with Crippen LogP contribution in [-0.4, -0.2) is 77.7 Å². The lowest BCUT2D eigenvalue weighted by Gasteiger charge is -2.34. The Hall–Kier alpha value is -4.62. The van der Waals surface area contributed by atoms with Crippen molar-refractivity contribution in [3.05, 3.63) is 83.4 Å². The maximum atomic E-state index is 13.4. The molecule has 3 aromatic rings. The Morgan fingerprint density at radius 2 is 1.81 bits per heavy atom. The molecule has 0 fully saturated rings. The highest BCUT2D eigenvalue weighted by molar-refractivity contribution is 6.05. The van der Waals surface area contributed by atoms with Crippen LogP contribution in [0.4, 0.5) is 30.2 Å². The van der Waals surface area contributed by atoms with Gasteiger partial charge in [-0.15, -0.1) is 0 Å². The van der Waals surface area contributed by atoms with Gasteiger partial charge in [0.1, 0.15) is 11.9 Å². The van der Waals surface area contributed by atoms with Crippen LogP contribution in [0.3, 0.4) is 0 Å². The molecule has 48 heavy (non-hydrogen) atoms. The van der Waals surface area contributed by atoms with Crippen LogP contribution in [0.1, 0.15) is 48.2 Å². The number of rotatable bonds is 11. The second kappa shape index (κ2) is 16.0. The van der Waals surface area contributed by atoms with Crippen LogP contribution in [0.2, 0.25) is 0 Å². The van der Waals surface area contributed by atoms with Crippen LogP contribution in [0.5, 0.6) is 5.75 Å². The summed E-state index contributed by atoms with van der Waals surface area (Å²) in [5.74, 6) is -1.05. The minimum absolute atomic E-state index is 0.0853. The molecule has 4 rings (SSSR count). The number of nitrogens with two attached hydrogens (primary N) is 1. The number of benzene rings is 3. The number of hydrogen-bond donors (Lipinski definition) is 4. The monoisotopic (exact) mass is 669 g/mol. The number of fused-ring (bicyclic) bond motifs is 1. The molecule has 0 spiro atoms. The molecule has 0 saturated heterocycles. The lowest BCUT2D eigenvalue weighted by Crippen LogP contribution is -2.47. The van der Waals surface area contributed by atoms with Crippen LogP contribution in [0, 0.1) is 5.92 Å². The van der Waals surface area contributed by atoms with Gasteiger partial charge in [0.15, 0.2) is 0 Å². The fraction of sp³-hybridized carbons (Fsp3) is 0.400. The van der Waals surface area contributed by atoms with Gasteiger partial charge < -0.3 is 31.1 Å². The van der Waals surface area contributed by atoms with Crippen LogP contribution < -0.4 is 21.1 Å². The third-order valence-corrected chi connectivity index (χ3v) is 8.21. The fourth-order valence-corrected chi connectivity index (χ4v) is 5.45. The number of amides is 3. The zero-order valence-electron chi connectivity index (χ0n) is 27.2. The van der Waals surface area contributed by atoms with E-state index in [1.54, 1.807) is 60.4 Å². The number of nitrogens with zero attached hydrogens (tertiary/aromatic N) is 2. The van der Waals surface area contributed by atoms with E-state index in [9.17, 15) is 32.7 Å². The summed E-state index contributed by atoms with van der Waals surface area (Å²) in [5.41, 5.74) is 9.11. The van der Waals surface area contributed by atoms with Crippen molar-refractivity contribution < 1.29 is 37.4 Å². The fourth-order valence-electron chi connectivity index (χ4n) is 5.45. The first-order valence-electron chi connectivity index (χ1n) is 15.7. The molecule has 1 aliphatic rings. The molecule has 3 atom stereocenters. The molecule has 0 aliphatic carbocycles. The Labute approximate surface area is 278 Å². The highest BCUT2D eigenvalue weighted by Gasteiger charge is 2.32. The van der Waals surface area contributed by atoms with Crippen molar-refractivity contribution >= 4 is 34.8 Å². The van der Waals surface area contributed by atoms with Gasteiger partial charge in [-0.1, -0.05) is 31.2 Å². The molecule has 0 unspecified atom stereocenters. The largest absolute Gasteiger partial charge is 0.488 e. The molecule has 5 N–H and O–H groups in total.